The Kier molecular flexibility index (Phi) is 5.26. The maximum atomic E-state index is 12.2. The lowest BCUT2D eigenvalue weighted by Crippen LogP contribution is -2.30. The van der Waals surface area contributed by atoms with Crippen LogP contribution in [0.4, 0.5) is 5.69 Å². The predicted octanol–water partition coefficient (Wildman–Crippen LogP) is 4.82. The zero-order valence-electron chi connectivity index (χ0n) is 11.7. The highest BCUT2D eigenvalue weighted by molar-refractivity contribution is 9.10. The molecule has 0 radical (unpaired) electrons. The molecule has 0 aromatic heterocycles. The molecule has 0 heterocycles. The SMILES string of the molecule is Cc1c(Cl)cccc1NC(=O)C(C)Oc1ccc(Br)cc1. The van der Waals surface area contributed by atoms with Gasteiger partial charge in [-0.1, -0.05) is 33.6 Å². The molecule has 0 aliphatic rings. The average Bonchev–Trinajstić information content (AvgIpc) is 2.46. The van der Waals surface area contributed by atoms with E-state index in [1.807, 2.05) is 25.1 Å². The number of carbonyl (C=O) groups excluding carboxylic acids is 1. The van der Waals surface area contributed by atoms with Crippen LogP contribution in [0, 0.1) is 6.92 Å². The number of nitrogens with one attached hydrogen (secondary N) is 1. The third kappa shape index (κ3) is 4.22. The summed E-state index contributed by atoms with van der Waals surface area (Å²) in [4.78, 5) is 12.2. The Morgan fingerprint density at radius 1 is 1.24 bits per heavy atom. The molecule has 3 nitrogen and oxygen atoms in total. The minimum atomic E-state index is -0.607. The van der Waals surface area contributed by atoms with Crippen molar-refractivity contribution in [3.63, 3.8) is 0 Å². The van der Waals surface area contributed by atoms with Crippen molar-refractivity contribution in [3.05, 3.63) is 57.5 Å². The molecular weight excluding hydrogens is 354 g/mol. The van der Waals surface area contributed by atoms with Gasteiger partial charge >= 0.3 is 0 Å². The van der Waals surface area contributed by atoms with Crippen molar-refractivity contribution in [3.8, 4) is 5.75 Å². The second kappa shape index (κ2) is 6.96. The zero-order valence-corrected chi connectivity index (χ0v) is 14.0. The lowest BCUT2D eigenvalue weighted by Gasteiger charge is -2.16. The first-order valence-corrected chi connectivity index (χ1v) is 7.62. The second-order valence-electron chi connectivity index (χ2n) is 4.62. The molecule has 0 spiro atoms. The molecule has 0 saturated carbocycles. The van der Waals surface area contributed by atoms with Crippen molar-refractivity contribution in [2.75, 3.05) is 5.32 Å². The average molecular weight is 369 g/mol. The van der Waals surface area contributed by atoms with E-state index in [2.05, 4.69) is 21.2 Å². The summed E-state index contributed by atoms with van der Waals surface area (Å²) in [6.45, 7) is 3.56. The van der Waals surface area contributed by atoms with Crippen molar-refractivity contribution in [1.29, 1.82) is 0 Å². The lowest BCUT2D eigenvalue weighted by molar-refractivity contribution is -0.122. The van der Waals surface area contributed by atoms with Crippen molar-refractivity contribution in [1.82, 2.24) is 0 Å². The molecule has 1 unspecified atom stereocenters. The van der Waals surface area contributed by atoms with Crippen LogP contribution < -0.4 is 10.1 Å². The Morgan fingerprint density at radius 3 is 2.57 bits per heavy atom. The minimum absolute atomic E-state index is 0.219. The summed E-state index contributed by atoms with van der Waals surface area (Å²) in [6, 6.07) is 12.7. The van der Waals surface area contributed by atoms with E-state index in [0.717, 1.165) is 10.0 Å². The highest BCUT2D eigenvalue weighted by atomic mass is 79.9. The highest BCUT2D eigenvalue weighted by Gasteiger charge is 2.16. The van der Waals surface area contributed by atoms with Crippen LogP contribution in [0.3, 0.4) is 0 Å². The topological polar surface area (TPSA) is 38.3 Å². The molecule has 1 amide bonds. The Hall–Kier alpha value is -1.52. The summed E-state index contributed by atoms with van der Waals surface area (Å²) in [7, 11) is 0. The van der Waals surface area contributed by atoms with Crippen LogP contribution in [0.1, 0.15) is 12.5 Å². The number of carbonyl (C=O) groups is 1. The second-order valence-corrected chi connectivity index (χ2v) is 5.94. The third-order valence-electron chi connectivity index (χ3n) is 3.02. The van der Waals surface area contributed by atoms with E-state index in [9.17, 15) is 4.79 Å². The monoisotopic (exact) mass is 367 g/mol. The third-order valence-corrected chi connectivity index (χ3v) is 3.96. The summed E-state index contributed by atoms with van der Waals surface area (Å²) in [5, 5.41) is 3.44. The van der Waals surface area contributed by atoms with Gasteiger partial charge in [-0.25, -0.2) is 0 Å². The maximum absolute atomic E-state index is 12.2. The van der Waals surface area contributed by atoms with E-state index < -0.39 is 6.10 Å². The fourth-order valence-corrected chi connectivity index (χ4v) is 2.19. The summed E-state index contributed by atoms with van der Waals surface area (Å²) in [5.41, 5.74) is 1.53. The molecule has 110 valence electrons. The Balaban J connectivity index is 2.02. The Morgan fingerprint density at radius 2 is 1.90 bits per heavy atom. The van der Waals surface area contributed by atoms with Crippen LogP contribution in [-0.2, 0) is 4.79 Å². The molecule has 2 aromatic rings. The van der Waals surface area contributed by atoms with E-state index in [4.69, 9.17) is 16.3 Å². The van der Waals surface area contributed by atoms with Gasteiger partial charge in [0.05, 0.1) is 0 Å². The van der Waals surface area contributed by atoms with Gasteiger partial charge in [-0.15, -0.1) is 0 Å². The van der Waals surface area contributed by atoms with Crippen LogP contribution in [0.2, 0.25) is 5.02 Å². The van der Waals surface area contributed by atoms with E-state index in [1.54, 1.807) is 31.2 Å². The fourth-order valence-electron chi connectivity index (χ4n) is 1.75. The van der Waals surface area contributed by atoms with Gasteiger partial charge in [0.15, 0.2) is 6.10 Å². The molecule has 0 aliphatic heterocycles. The van der Waals surface area contributed by atoms with Gasteiger partial charge in [0, 0.05) is 15.2 Å². The first-order chi connectivity index (χ1) is 9.97. The van der Waals surface area contributed by atoms with Gasteiger partial charge in [0.1, 0.15) is 5.75 Å². The first kappa shape index (κ1) is 15.9. The van der Waals surface area contributed by atoms with E-state index in [-0.39, 0.29) is 5.91 Å². The van der Waals surface area contributed by atoms with Crippen LogP contribution in [0.15, 0.2) is 46.9 Å². The number of rotatable bonds is 4. The molecule has 0 aliphatic carbocycles. The largest absolute Gasteiger partial charge is 0.481 e. The number of amides is 1. The smallest absolute Gasteiger partial charge is 0.265 e. The van der Waals surface area contributed by atoms with Crippen molar-refractivity contribution < 1.29 is 9.53 Å². The van der Waals surface area contributed by atoms with Gasteiger partial charge in [0.25, 0.3) is 5.91 Å². The van der Waals surface area contributed by atoms with Crippen molar-refractivity contribution >= 4 is 39.1 Å². The van der Waals surface area contributed by atoms with E-state index >= 15 is 0 Å². The normalized spacial score (nSPS) is 11.8. The van der Waals surface area contributed by atoms with Gasteiger partial charge in [-0.2, -0.15) is 0 Å². The van der Waals surface area contributed by atoms with Gasteiger partial charge in [-0.05, 0) is 55.8 Å². The van der Waals surface area contributed by atoms with E-state index in [1.165, 1.54) is 0 Å². The summed E-state index contributed by atoms with van der Waals surface area (Å²) in [6.07, 6.45) is -0.607. The van der Waals surface area contributed by atoms with Crippen molar-refractivity contribution in [2.45, 2.75) is 20.0 Å². The number of anilines is 1. The molecule has 1 N–H and O–H groups in total. The number of hydrogen-bond acceptors (Lipinski definition) is 2. The number of benzene rings is 2. The van der Waals surface area contributed by atoms with Crippen LogP contribution in [0.5, 0.6) is 5.75 Å². The number of hydrogen-bond donors (Lipinski definition) is 1. The van der Waals surface area contributed by atoms with E-state index in [0.29, 0.717) is 16.5 Å². The predicted molar refractivity (Wildman–Crippen MR) is 89.1 cm³/mol. The summed E-state index contributed by atoms with van der Waals surface area (Å²) < 4.78 is 6.57. The molecule has 5 heteroatoms. The molecule has 1 atom stereocenters. The molecule has 21 heavy (non-hydrogen) atoms. The highest BCUT2D eigenvalue weighted by Crippen LogP contribution is 2.23. The fraction of sp³-hybridized carbons (Fsp3) is 0.188. The van der Waals surface area contributed by atoms with Crippen LogP contribution in [-0.4, -0.2) is 12.0 Å². The number of halogens is 2. The molecule has 2 aromatic carbocycles. The van der Waals surface area contributed by atoms with Gasteiger partial charge in [-0.3, -0.25) is 4.79 Å². The minimum Gasteiger partial charge on any atom is -0.481 e. The summed E-state index contributed by atoms with van der Waals surface area (Å²) in [5.74, 6) is 0.423. The first-order valence-electron chi connectivity index (χ1n) is 6.45. The molecule has 2 rings (SSSR count). The zero-order chi connectivity index (χ0) is 15.4. The van der Waals surface area contributed by atoms with Gasteiger partial charge in [0.2, 0.25) is 0 Å². The van der Waals surface area contributed by atoms with Crippen LogP contribution in [0.25, 0.3) is 0 Å². The number of ether oxygens (including phenoxy) is 1. The summed E-state index contributed by atoms with van der Waals surface area (Å²) >= 11 is 9.39. The van der Waals surface area contributed by atoms with Crippen molar-refractivity contribution in [2.24, 2.45) is 0 Å². The standard InChI is InChI=1S/C16H15BrClNO2/c1-10-14(18)4-3-5-15(10)19-16(20)11(2)21-13-8-6-12(17)7-9-13/h3-9,11H,1-2H3,(H,19,20). The molecule has 0 bridgehead atoms. The molecule has 0 fully saturated rings. The maximum Gasteiger partial charge on any atom is 0.265 e. The molecule has 0 saturated heterocycles. The Bertz CT molecular complexity index is 643. The Labute approximate surface area is 137 Å². The molecular formula is C16H15BrClNO2. The van der Waals surface area contributed by atoms with Gasteiger partial charge < -0.3 is 10.1 Å². The quantitative estimate of drug-likeness (QED) is 0.840. The lowest BCUT2D eigenvalue weighted by atomic mass is 10.2. The van der Waals surface area contributed by atoms with Crippen LogP contribution >= 0.6 is 27.5 Å².